The Balaban J connectivity index is 2.00. The Morgan fingerprint density at radius 1 is 1.53 bits per heavy atom. The normalized spacial score (nSPS) is 20.5. The van der Waals surface area contributed by atoms with Gasteiger partial charge in [-0.2, -0.15) is 0 Å². The summed E-state index contributed by atoms with van der Waals surface area (Å²) in [5.74, 6) is 0.843. The van der Waals surface area contributed by atoms with E-state index in [1.165, 1.54) is 12.8 Å². The number of likely N-dealkylation sites (tertiary alicyclic amines) is 1. The van der Waals surface area contributed by atoms with Gasteiger partial charge < -0.3 is 10.6 Å². The first-order chi connectivity index (χ1) is 9.11. The second kappa shape index (κ2) is 6.09. The number of nitrogen functional groups attached to an aromatic ring is 1. The lowest BCUT2D eigenvalue weighted by Gasteiger charge is -2.21. The minimum Gasteiger partial charge on any atom is -0.399 e. The molecule has 2 rings (SSSR count). The number of nitrogens with two attached hydrogens (primary N) is 1. The molecule has 1 aromatic carbocycles. The molecule has 1 heterocycles. The largest absolute Gasteiger partial charge is 0.399 e. The van der Waals surface area contributed by atoms with Crippen molar-refractivity contribution in [3.63, 3.8) is 0 Å². The summed E-state index contributed by atoms with van der Waals surface area (Å²) in [6.07, 6.45) is 3.59. The lowest BCUT2D eigenvalue weighted by atomic mass is 9.99. The van der Waals surface area contributed by atoms with Crippen LogP contribution in [0.5, 0.6) is 0 Å². The number of benzene rings is 1. The third-order valence-corrected chi connectivity index (χ3v) is 4.08. The molecule has 0 bridgehead atoms. The molecule has 1 amide bonds. The number of hydrogen-bond donors (Lipinski definition) is 1. The lowest BCUT2D eigenvalue weighted by molar-refractivity contribution is -0.131. The van der Waals surface area contributed by atoms with Gasteiger partial charge in [0.05, 0.1) is 5.92 Å². The van der Waals surface area contributed by atoms with Gasteiger partial charge in [-0.15, -0.1) is 0 Å². The second-order valence-corrected chi connectivity index (χ2v) is 5.62. The van der Waals surface area contributed by atoms with Gasteiger partial charge in [-0.1, -0.05) is 25.5 Å². The first-order valence-electron chi connectivity index (χ1n) is 7.26. The van der Waals surface area contributed by atoms with E-state index in [4.69, 9.17) is 5.73 Å². The molecule has 0 spiro atoms. The van der Waals surface area contributed by atoms with Crippen LogP contribution in [0.4, 0.5) is 5.69 Å². The molecule has 19 heavy (non-hydrogen) atoms. The highest BCUT2D eigenvalue weighted by molar-refractivity contribution is 5.83. The molecule has 1 fully saturated rings. The van der Waals surface area contributed by atoms with Crippen molar-refractivity contribution in [2.24, 2.45) is 5.92 Å². The van der Waals surface area contributed by atoms with Gasteiger partial charge in [0.1, 0.15) is 0 Å². The summed E-state index contributed by atoms with van der Waals surface area (Å²) < 4.78 is 0. The molecule has 1 aliphatic heterocycles. The summed E-state index contributed by atoms with van der Waals surface area (Å²) in [6.45, 7) is 6.03. The Labute approximate surface area is 115 Å². The molecule has 3 heteroatoms. The van der Waals surface area contributed by atoms with Crippen LogP contribution in [0.3, 0.4) is 0 Å². The molecular weight excluding hydrogens is 236 g/mol. The number of amides is 1. The van der Waals surface area contributed by atoms with Gasteiger partial charge in [-0.05, 0) is 43.4 Å². The predicted octanol–water partition coefficient (Wildman–Crippen LogP) is 3.02. The van der Waals surface area contributed by atoms with E-state index in [0.29, 0.717) is 5.92 Å². The third-order valence-electron chi connectivity index (χ3n) is 4.08. The second-order valence-electron chi connectivity index (χ2n) is 5.62. The van der Waals surface area contributed by atoms with Gasteiger partial charge >= 0.3 is 0 Å². The Morgan fingerprint density at radius 2 is 2.32 bits per heavy atom. The smallest absolute Gasteiger partial charge is 0.229 e. The molecule has 1 aliphatic rings. The highest BCUT2D eigenvalue weighted by atomic mass is 16.2. The maximum Gasteiger partial charge on any atom is 0.229 e. The fraction of sp³-hybridized carbons (Fsp3) is 0.562. The Morgan fingerprint density at radius 3 is 3.00 bits per heavy atom. The van der Waals surface area contributed by atoms with E-state index in [1.807, 2.05) is 36.1 Å². The van der Waals surface area contributed by atoms with Crippen LogP contribution in [0.25, 0.3) is 0 Å². The van der Waals surface area contributed by atoms with Gasteiger partial charge in [0, 0.05) is 18.8 Å². The van der Waals surface area contributed by atoms with Crippen molar-refractivity contribution >= 4 is 11.6 Å². The minimum absolute atomic E-state index is 0.0936. The van der Waals surface area contributed by atoms with Crippen LogP contribution in [0.15, 0.2) is 24.3 Å². The van der Waals surface area contributed by atoms with Gasteiger partial charge in [0.25, 0.3) is 0 Å². The Kier molecular flexibility index (Phi) is 4.46. The molecule has 0 aromatic heterocycles. The van der Waals surface area contributed by atoms with Crippen molar-refractivity contribution in [2.45, 2.75) is 39.0 Å². The fourth-order valence-corrected chi connectivity index (χ4v) is 2.92. The summed E-state index contributed by atoms with van der Waals surface area (Å²) >= 11 is 0. The monoisotopic (exact) mass is 260 g/mol. The molecule has 1 saturated heterocycles. The van der Waals surface area contributed by atoms with Crippen LogP contribution < -0.4 is 5.73 Å². The van der Waals surface area contributed by atoms with Gasteiger partial charge in [-0.3, -0.25) is 4.79 Å². The molecule has 0 saturated carbocycles. The molecule has 2 atom stereocenters. The van der Waals surface area contributed by atoms with E-state index < -0.39 is 0 Å². The van der Waals surface area contributed by atoms with E-state index in [-0.39, 0.29) is 11.8 Å². The number of carbonyl (C=O) groups excluding carboxylic acids is 1. The van der Waals surface area contributed by atoms with Crippen molar-refractivity contribution in [2.75, 3.05) is 18.8 Å². The molecular formula is C16H24N2O. The molecule has 0 radical (unpaired) electrons. The van der Waals surface area contributed by atoms with Crippen molar-refractivity contribution in [3.05, 3.63) is 29.8 Å². The molecule has 2 N–H and O–H groups in total. The predicted molar refractivity (Wildman–Crippen MR) is 78.9 cm³/mol. The summed E-state index contributed by atoms with van der Waals surface area (Å²) in [7, 11) is 0. The number of nitrogens with zero attached hydrogens (tertiary/aromatic N) is 1. The summed E-state index contributed by atoms with van der Waals surface area (Å²) in [6, 6.07) is 7.66. The maximum absolute atomic E-state index is 12.5. The molecule has 1 aromatic rings. The highest BCUT2D eigenvalue weighted by Gasteiger charge is 2.29. The van der Waals surface area contributed by atoms with E-state index in [1.54, 1.807) is 0 Å². The Hall–Kier alpha value is -1.51. The average molecular weight is 260 g/mol. The van der Waals surface area contributed by atoms with Crippen molar-refractivity contribution in [3.8, 4) is 0 Å². The number of hydrogen-bond acceptors (Lipinski definition) is 2. The van der Waals surface area contributed by atoms with Crippen molar-refractivity contribution < 1.29 is 4.79 Å². The molecule has 0 aliphatic carbocycles. The number of anilines is 1. The van der Waals surface area contributed by atoms with Crippen molar-refractivity contribution in [1.29, 1.82) is 0 Å². The maximum atomic E-state index is 12.5. The molecule has 2 unspecified atom stereocenters. The summed E-state index contributed by atoms with van der Waals surface area (Å²) in [5, 5.41) is 0. The van der Waals surface area contributed by atoms with Crippen LogP contribution in [0, 0.1) is 5.92 Å². The van der Waals surface area contributed by atoms with Gasteiger partial charge in [-0.25, -0.2) is 0 Å². The first-order valence-corrected chi connectivity index (χ1v) is 7.26. The van der Waals surface area contributed by atoms with Gasteiger partial charge in [0.2, 0.25) is 5.91 Å². The number of carbonyl (C=O) groups is 1. The average Bonchev–Trinajstić information content (AvgIpc) is 2.86. The van der Waals surface area contributed by atoms with E-state index >= 15 is 0 Å². The highest BCUT2D eigenvalue weighted by Crippen LogP contribution is 2.26. The molecule has 104 valence electrons. The first kappa shape index (κ1) is 13.9. The quantitative estimate of drug-likeness (QED) is 0.846. The van der Waals surface area contributed by atoms with Crippen LogP contribution in [-0.4, -0.2) is 23.9 Å². The van der Waals surface area contributed by atoms with Crippen molar-refractivity contribution in [1.82, 2.24) is 4.90 Å². The minimum atomic E-state index is -0.0936. The number of rotatable bonds is 4. The van der Waals surface area contributed by atoms with E-state index in [2.05, 4.69) is 6.92 Å². The van der Waals surface area contributed by atoms with E-state index in [0.717, 1.165) is 30.8 Å². The van der Waals surface area contributed by atoms with Crippen LogP contribution in [-0.2, 0) is 4.79 Å². The van der Waals surface area contributed by atoms with Crippen LogP contribution in [0.1, 0.15) is 44.6 Å². The summed E-state index contributed by atoms with van der Waals surface area (Å²) in [4.78, 5) is 14.5. The zero-order valence-corrected chi connectivity index (χ0v) is 11.9. The SMILES string of the molecule is CCCC1CCN(C(=O)C(C)c2cccc(N)c2)C1. The standard InChI is InChI=1S/C16H24N2O/c1-3-5-13-8-9-18(11-13)16(19)12(2)14-6-4-7-15(17)10-14/h4,6-7,10,12-13H,3,5,8-9,11,17H2,1-2H3. The zero-order valence-electron chi connectivity index (χ0n) is 11.9. The lowest BCUT2D eigenvalue weighted by Crippen LogP contribution is -2.32. The van der Waals surface area contributed by atoms with E-state index in [9.17, 15) is 4.79 Å². The van der Waals surface area contributed by atoms with Crippen LogP contribution in [0.2, 0.25) is 0 Å². The summed E-state index contributed by atoms with van der Waals surface area (Å²) in [5.41, 5.74) is 7.53. The topological polar surface area (TPSA) is 46.3 Å². The molecule has 3 nitrogen and oxygen atoms in total. The fourth-order valence-electron chi connectivity index (χ4n) is 2.92. The Bertz CT molecular complexity index is 444. The zero-order chi connectivity index (χ0) is 13.8. The third kappa shape index (κ3) is 3.28. The van der Waals surface area contributed by atoms with Crippen LogP contribution >= 0.6 is 0 Å². The van der Waals surface area contributed by atoms with Gasteiger partial charge in [0.15, 0.2) is 0 Å².